The Kier molecular flexibility index (Phi) is 6.10. The Bertz CT molecular complexity index is 1180. The monoisotopic (exact) mass is 509 g/mol. The number of ether oxygens (including phenoxy) is 2. The molecule has 0 aliphatic rings. The Morgan fingerprint density at radius 2 is 1.89 bits per heavy atom. The molecule has 2 aromatic carbocycles. The zero-order valence-corrected chi connectivity index (χ0v) is 17.6. The number of rotatable bonds is 5. The number of carbonyl (C=O) groups is 1. The van der Waals surface area contributed by atoms with Crippen molar-refractivity contribution >= 4 is 54.9 Å². The average Bonchev–Trinajstić information content (AvgIpc) is 2.67. The molecule has 0 saturated carbocycles. The Balaban J connectivity index is 1.93. The number of hydrogen-bond donors (Lipinski definition) is 1. The minimum atomic E-state index is -0.642. The zero-order valence-electron chi connectivity index (χ0n) is 14.4. The van der Waals surface area contributed by atoms with Gasteiger partial charge in [-0.1, -0.05) is 12.1 Å². The molecule has 8 nitrogen and oxygen atoms in total. The fourth-order valence-electron chi connectivity index (χ4n) is 2.36. The van der Waals surface area contributed by atoms with E-state index in [9.17, 15) is 14.4 Å². The first-order chi connectivity index (χ1) is 13.4. The molecule has 0 fully saturated rings. The smallest absolute Gasteiger partial charge is 0.349 e. The molecule has 0 bridgehead atoms. The molecule has 1 aromatic heterocycles. The highest BCUT2D eigenvalue weighted by Crippen LogP contribution is 2.34. The van der Waals surface area contributed by atoms with Crippen molar-refractivity contribution in [1.29, 1.82) is 0 Å². The van der Waals surface area contributed by atoms with Gasteiger partial charge >= 0.3 is 11.7 Å². The van der Waals surface area contributed by atoms with Crippen LogP contribution in [0.2, 0.25) is 0 Å². The lowest BCUT2D eigenvalue weighted by Crippen LogP contribution is -2.32. The van der Waals surface area contributed by atoms with Crippen molar-refractivity contribution in [2.75, 3.05) is 13.7 Å². The number of H-pyrrole nitrogens is 1. The number of methoxy groups -OCH3 is 1. The molecule has 0 atom stereocenters. The van der Waals surface area contributed by atoms with Gasteiger partial charge in [0.15, 0.2) is 6.61 Å². The number of benzene rings is 2. The second-order valence-electron chi connectivity index (χ2n) is 5.52. The van der Waals surface area contributed by atoms with E-state index >= 15 is 0 Å². The van der Waals surface area contributed by atoms with Gasteiger partial charge in [0.05, 0.1) is 33.2 Å². The third-order valence-corrected chi connectivity index (χ3v) is 4.87. The first-order valence-electron chi connectivity index (χ1n) is 7.88. The molecule has 1 N–H and O–H groups in total. The topological polar surface area (TPSA) is 103 Å². The molecule has 0 spiro atoms. The number of nitrogens with one attached hydrogen (secondary N) is 1. The molecule has 0 saturated heterocycles. The Morgan fingerprint density at radius 1 is 1.21 bits per heavy atom. The molecule has 0 unspecified atom stereocenters. The van der Waals surface area contributed by atoms with Gasteiger partial charge in [-0.25, -0.2) is 9.59 Å². The van der Waals surface area contributed by atoms with Gasteiger partial charge in [-0.2, -0.15) is 5.10 Å². The number of para-hydroxylation sites is 1. The number of esters is 1. The van der Waals surface area contributed by atoms with Crippen molar-refractivity contribution in [2.45, 2.75) is 0 Å². The summed E-state index contributed by atoms with van der Waals surface area (Å²) >= 11 is 6.71. The molecule has 0 aliphatic carbocycles. The first kappa shape index (κ1) is 20.0. The number of aromatic amines is 1. The van der Waals surface area contributed by atoms with Gasteiger partial charge in [0, 0.05) is 0 Å². The molecule has 10 heteroatoms. The van der Waals surface area contributed by atoms with Gasteiger partial charge < -0.3 is 14.5 Å². The van der Waals surface area contributed by atoms with Gasteiger partial charge in [-0.3, -0.25) is 4.79 Å². The van der Waals surface area contributed by atoms with Crippen LogP contribution in [0.25, 0.3) is 10.9 Å². The normalized spacial score (nSPS) is 11.1. The second kappa shape index (κ2) is 8.53. The van der Waals surface area contributed by atoms with Crippen molar-refractivity contribution in [3.05, 3.63) is 71.7 Å². The predicted octanol–water partition coefficient (Wildman–Crippen LogP) is 2.65. The molecular weight excluding hydrogens is 498 g/mol. The summed E-state index contributed by atoms with van der Waals surface area (Å²) in [5.41, 5.74) is -0.131. The number of halogens is 2. The summed E-state index contributed by atoms with van der Waals surface area (Å²) in [7, 11) is 1.27. The molecule has 3 rings (SSSR count). The third kappa shape index (κ3) is 4.23. The van der Waals surface area contributed by atoms with E-state index in [1.54, 1.807) is 36.4 Å². The molecule has 1 heterocycles. The minimum absolute atomic E-state index is 0.247. The van der Waals surface area contributed by atoms with E-state index in [-0.39, 0.29) is 6.61 Å². The van der Waals surface area contributed by atoms with E-state index in [1.807, 2.05) is 0 Å². The Labute approximate surface area is 175 Å². The number of fused-ring (bicyclic) bond motifs is 1. The lowest BCUT2D eigenvalue weighted by Gasteiger charge is -2.10. The fourth-order valence-corrected chi connectivity index (χ4v) is 3.82. The number of aromatic nitrogens is 2. The summed E-state index contributed by atoms with van der Waals surface area (Å²) < 4.78 is 11.8. The average molecular weight is 511 g/mol. The largest absolute Gasteiger partial charge is 0.480 e. The van der Waals surface area contributed by atoms with Crippen LogP contribution in [-0.4, -0.2) is 35.6 Å². The quantitative estimate of drug-likeness (QED) is 0.420. The molecule has 0 aliphatic heterocycles. The van der Waals surface area contributed by atoms with E-state index in [0.29, 0.717) is 31.2 Å². The van der Waals surface area contributed by atoms with Crippen LogP contribution in [-0.2, 0) is 9.53 Å². The maximum Gasteiger partial charge on any atom is 0.349 e. The SMILES string of the molecule is COC(=O)COc1c(Br)cc(C=Nn2c(=O)[nH]c3ccccc3c2=O)cc1Br. The Hall–Kier alpha value is -2.72. The van der Waals surface area contributed by atoms with Crippen LogP contribution >= 0.6 is 31.9 Å². The Morgan fingerprint density at radius 3 is 2.57 bits per heavy atom. The van der Waals surface area contributed by atoms with E-state index in [0.717, 1.165) is 4.68 Å². The summed E-state index contributed by atoms with van der Waals surface area (Å²) in [4.78, 5) is 38.5. The maximum atomic E-state index is 12.5. The molecule has 144 valence electrons. The highest BCUT2D eigenvalue weighted by molar-refractivity contribution is 9.11. The highest BCUT2D eigenvalue weighted by Gasteiger charge is 2.11. The highest BCUT2D eigenvalue weighted by atomic mass is 79.9. The van der Waals surface area contributed by atoms with Crippen molar-refractivity contribution in [3.63, 3.8) is 0 Å². The second-order valence-corrected chi connectivity index (χ2v) is 7.22. The van der Waals surface area contributed by atoms with E-state index in [2.05, 4.69) is 46.7 Å². The summed E-state index contributed by atoms with van der Waals surface area (Å²) in [5.74, 6) is -0.109. The number of hydrogen-bond acceptors (Lipinski definition) is 6. The lowest BCUT2D eigenvalue weighted by atomic mass is 10.2. The fraction of sp³-hybridized carbons (Fsp3) is 0.111. The van der Waals surface area contributed by atoms with Gasteiger partial charge in [-0.05, 0) is 61.7 Å². The van der Waals surface area contributed by atoms with Crippen molar-refractivity contribution in [1.82, 2.24) is 9.66 Å². The number of carbonyl (C=O) groups excluding carboxylic acids is 1. The van der Waals surface area contributed by atoms with Gasteiger partial charge in [-0.15, -0.1) is 4.68 Å². The summed E-state index contributed by atoms with van der Waals surface area (Å²) in [5, 5.41) is 4.36. The molecule has 3 aromatic rings. The third-order valence-electron chi connectivity index (χ3n) is 3.69. The molecule has 0 amide bonds. The summed E-state index contributed by atoms with van der Waals surface area (Å²) in [6, 6.07) is 10.0. The van der Waals surface area contributed by atoms with Gasteiger partial charge in [0.1, 0.15) is 5.75 Å². The minimum Gasteiger partial charge on any atom is -0.480 e. The summed E-state index contributed by atoms with van der Waals surface area (Å²) in [6.45, 7) is -0.247. The van der Waals surface area contributed by atoms with Gasteiger partial charge in [0.25, 0.3) is 5.56 Å². The number of nitrogens with zero attached hydrogens (tertiary/aromatic N) is 2. The van der Waals surface area contributed by atoms with E-state index < -0.39 is 17.2 Å². The lowest BCUT2D eigenvalue weighted by molar-refractivity contribution is -0.142. The van der Waals surface area contributed by atoms with Crippen LogP contribution < -0.4 is 16.0 Å². The molecule has 0 radical (unpaired) electrons. The van der Waals surface area contributed by atoms with Crippen LogP contribution in [0, 0.1) is 0 Å². The molecule has 28 heavy (non-hydrogen) atoms. The maximum absolute atomic E-state index is 12.5. The van der Waals surface area contributed by atoms with Crippen LogP contribution in [0.1, 0.15) is 5.56 Å². The van der Waals surface area contributed by atoms with Crippen LogP contribution in [0.3, 0.4) is 0 Å². The van der Waals surface area contributed by atoms with Gasteiger partial charge in [0.2, 0.25) is 0 Å². The van der Waals surface area contributed by atoms with Crippen molar-refractivity contribution < 1.29 is 14.3 Å². The standard InChI is InChI=1S/C18H13Br2N3O5/c1-27-15(24)9-28-16-12(19)6-10(7-13(16)20)8-21-23-17(25)11-4-2-3-5-14(11)22-18(23)26/h2-8H,9H2,1H3,(H,22,26). The zero-order chi connectivity index (χ0) is 20.3. The predicted molar refractivity (Wildman–Crippen MR) is 111 cm³/mol. The summed E-state index contributed by atoms with van der Waals surface area (Å²) in [6.07, 6.45) is 1.37. The van der Waals surface area contributed by atoms with Crippen LogP contribution in [0.4, 0.5) is 0 Å². The van der Waals surface area contributed by atoms with E-state index in [4.69, 9.17) is 4.74 Å². The van der Waals surface area contributed by atoms with Crippen molar-refractivity contribution in [3.8, 4) is 5.75 Å². The first-order valence-corrected chi connectivity index (χ1v) is 9.46. The van der Waals surface area contributed by atoms with Crippen LogP contribution in [0.5, 0.6) is 5.75 Å². The molecular formula is C18H13Br2N3O5. The van der Waals surface area contributed by atoms with Crippen molar-refractivity contribution in [2.24, 2.45) is 5.10 Å². The van der Waals surface area contributed by atoms with E-state index in [1.165, 1.54) is 13.3 Å². The van der Waals surface area contributed by atoms with Crippen LogP contribution in [0.15, 0.2) is 60.0 Å².